The van der Waals surface area contributed by atoms with Crippen LogP contribution < -0.4 is 19.1 Å². The van der Waals surface area contributed by atoms with Gasteiger partial charge >= 0.3 is 0 Å². The standard InChI is InChI=1S/C29H32N2O5/c1-17-8-11-20(14-18(17)2)30(3)29(33)26-22-15-24(35-6)25(36-7)16-23(22)28(32)31(4)27(26)19-9-12-21(34-5)13-10-19/h8-16,26-27H,1-7H3. The third kappa shape index (κ3) is 4.26. The third-order valence-electron chi connectivity index (χ3n) is 7.11. The molecular weight excluding hydrogens is 456 g/mol. The average Bonchev–Trinajstić information content (AvgIpc) is 2.90. The molecule has 0 N–H and O–H groups in total. The van der Waals surface area contributed by atoms with Crippen LogP contribution in [-0.4, -0.2) is 52.1 Å². The normalized spacial score (nSPS) is 16.9. The molecule has 1 aliphatic rings. The molecule has 0 saturated heterocycles. The first-order valence-corrected chi connectivity index (χ1v) is 11.7. The van der Waals surface area contributed by atoms with Crippen LogP contribution in [0.1, 0.15) is 44.6 Å². The monoisotopic (exact) mass is 488 g/mol. The van der Waals surface area contributed by atoms with Gasteiger partial charge in [-0.2, -0.15) is 0 Å². The summed E-state index contributed by atoms with van der Waals surface area (Å²) in [5, 5.41) is 0. The van der Waals surface area contributed by atoms with E-state index in [1.54, 1.807) is 50.2 Å². The zero-order chi connectivity index (χ0) is 26.1. The van der Waals surface area contributed by atoms with Gasteiger partial charge in [-0.3, -0.25) is 9.59 Å². The van der Waals surface area contributed by atoms with Gasteiger partial charge in [0.1, 0.15) is 5.75 Å². The van der Waals surface area contributed by atoms with Crippen LogP contribution in [0.4, 0.5) is 5.69 Å². The second-order valence-electron chi connectivity index (χ2n) is 9.07. The number of hydrogen-bond donors (Lipinski definition) is 0. The molecular formula is C29H32N2O5. The molecule has 0 radical (unpaired) electrons. The molecule has 2 unspecified atom stereocenters. The highest BCUT2D eigenvalue weighted by molar-refractivity contribution is 6.05. The van der Waals surface area contributed by atoms with Crippen LogP contribution >= 0.6 is 0 Å². The molecule has 2 amide bonds. The maximum absolute atomic E-state index is 14.3. The van der Waals surface area contributed by atoms with E-state index < -0.39 is 12.0 Å². The lowest BCUT2D eigenvalue weighted by Gasteiger charge is -2.41. The fourth-order valence-corrected chi connectivity index (χ4v) is 4.80. The van der Waals surface area contributed by atoms with Crippen LogP contribution in [0.2, 0.25) is 0 Å². The largest absolute Gasteiger partial charge is 0.497 e. The van der Waals surface area contributed by atoms with Gasteiger partial charge in [0.05, 0.1) is 33.3 Å². The number of rotatable bonds is 6. The van der Waals surface area contributed by atoms with Crippen LogP contribution in [0.3, 0.4) is 0 Å². The van der Waals surface area contributed by atoms with Gasteiger partial charge < -0.3 is 24.0 Å². The minimum atomic E-state index is -0.678. The number of nitrogens with zero attached hydrogens (tertiary/aromatic N) is 2. The summed E-state index contributed by atoms with van der Waals surface area (Å²) in [4.78, 5) is 31.1. The molecule has 0 aliphatic carbocycles. The SMILES string of the molecule is COc1ccc(C2C(C(=O)N(C)c3ccc(C)c(C)c3)c3cc(OC)c(OC)cc3C(=O)N2C)cc1. The van der Waals surface area contributed by atoms with Gasteiger partial charge in [-0.15, -0.1) is 0 Å². The second-order valence-corrected chi connectivity index (χ2v) is 9.07. The summed E-state index contributed by atoms with van der Waals surface area (Å²) in [6.45, 7) is 4.06. The van der Waals surface area contributed by atoms with Crippen molar-refractivity contribution in [2.75, 3.05) is 40.3 Å². The van der Waals surface area contributed by atoms with Crippen molar-refractivity contribution < 1.29 is 23.8 Å². The summed E-state index contributed by atoms with van der Waals surface area (Å²) < 4.78 is 16.3. The highest BCUT2D eigenvalue weighted by Gasteiger charge is 2.44. The molecule has 36 heavy (non-hydrogen) atoms. The Hall–Kier alpha value is -4.00. The van der Waals surface area contributed by atoms with E-state index in [-0.39, 0.29) is 11.8 Å². The molecule has 1 heterocycles. The molecule has 4 rings (SSSR count). The highest BCUT2D eigenvalue weighted by atomic mass is 16.5. The minimum absolute atomic E-state index is 0.133. The first-order chi connectivity index (χ1) is 17.2. The molecule has 0 bridgehead atoms. The van der Waals surface area contributed by atoms with Crippen LogP contribution in [0.5, 0.6) is 17.2 Å². The van der Waals surface area contributed by atoms with E-state index in [9.17, 15) is 9.59 Å². The summed E-state index contributed by atoms with van der Waals surface area (Å²) in [5.74, 6) is 0.604. The van der Waals surface area contributed by atoms with Gasteiger partial charge in [0, 0.05) is 25.3 Å². The van der Waals surface area contributed by atoms with Gasteiger partial charge in [-0.1, -0.05) is 18.2 Å². The molecule has 3 aromatic rings. The summed E-state index contributed by atoms with van der Waals surface area (Å²) in [7, 11) is 8.17. The predicted molar refractivity (Wildman–Crippen MR) is 139 cm³/mol. The Morgan fingerprint density at radius 1 is 0.861 bits per heavy atom. The fraction of sp³-hybridized carbons (Fsp3) is 0.310. The van der Waals surface area contributed by atoms with Gasteiger partial charge in [0.2, 0.25) is 5.91 Å². The van der Waals surface area contributed by atoms with Crippen molar-refractivity contribution in [3.05, 3.63) is 82.4 Å². The fourth-order valence-electron chi connectivity index (χ4n) is 4.80. The van der Waals surface area contributed by atoms with Gasteiger partial charge in [-0.25, -0.2) is 0 Å². The molecule has 0 spiro atoms. The number of amides is 2. The average molecular weight is 489 g/mol. The number of hydrogen-bond acceptors (Lipinski definition) is 5. The topological polar surface area (TPSA) is 68.3 Å². The third-order valence-corrected chi connectivity index (χ3v) is 7.11. The van der Waals surface area contributed by atoms with Gasteiger partial charge in [0.25, 0.3) is 5.91 Å². The molecule has 3 aromatic carbocycles. The Bertz CT molecular complexity index is 1300. The van der Waals surface area contributed by atoms with Crippen molar-refractivity contribution in [3.63, 3.8) is 0 Å². The molecule has 188 valence electrons. The number of anilines is 1. The van der Waals surface area contributed by atoms with Gasteiger partial charge in [-0.05, 0) is 72.5 Å². The van der Waals surface area contributed by atoms with E-state index in [4.69, 9.17) is 14.2 Å². The first kappa shape index (κ1) is 25.1. The van der Waals surface area contributed by atoms with Crippen molar-refractivity contribution in [2.24, 2.45) is 0 Å². The summed E-state index contributed by atoms with van der Waals surface area (Å²) in [6, 6.07) is 16.3. The van der Waals surface area contributed by atoms with Crippen LogP contribution in [0.25, 0.3) is 0 Å². The van der Waals surface area contributed by atoms with Gasteiger partial charge in [0.15, 0.2) is 11.5 Å². The van der Waals surface area contributed by atoms with E-state index in [1.165, 1.54) is 7.11 Å². The lowest BCUT2D eigenvalue weighted by molar-refractivity contribution is -0.121. The van der Waals surface area contributed by atoms with Crippen molar-refractivity contribution in [1.29, 1.82) is 0 Å². The molecule has 0 saturated carbocycles. The maximum atomic E-state index is 14.3. The number of ether oxygens (including phenoxy) is 3. The Balaban J connectivity index is 1.91. The van der Waals surface area contributed by atoms with Crippen LogP contribution in [-0.2, 0) is 4.79 Å². The second kappa shape index (κ2) is 9.93. The van der Waals surface area contributed by atoms with E-state index >= 15 is 0 Å². The lowest BCUT2D eigenvalue weighted by atomic mass is 9.78. The zero-order valence-corrected chi connectivity index (χ0v) is 21.8. The van der Waals surface area contributed by atoms with Crippen molar-refractivity contribution in [2.45, 2.75) is 25.8 Å². The molecule has 0 fully saturated rings. The molecule has 7 heteroatoms. The number of likely N-dealkylation sites (N-methyl/N-ethyl adjacent to an activating group) is 2. The van der Waals surface area contributed by atoms with E-state index in [0.29, 0.717) is 28.4 Å². The van der Waals surface area contributed by atoms with Crippen molar-refractivity contribution in [3.8, 4) is 17.2 Å². The number of fused-ring (bicyclic) bond motifs is 1. The Morgan fingerprint density at radius 3 is 2.08 bits per heavy atom. The van der Waals surface area contributed by atoms with Crippen LogP contribution in [0, 0.1) is 13.8 Å². The number of aryl methyl sites for hydroxylation is 2. The van der Waals surface area contributed by atoms with Crippen LogP contribution in [0.15, 0.2) is 54.6 Å². The minimum Gasteiger partial charge on any atom is -0.497 e. The van der Waals surface area contributed by atoms with E-state index in [2.05, 4.69) is 0 Å². The zero-order valence-electron chi connectivity index (χ0n) is 21.8. The molecule has 7 nitrogen and oxygen atoms in total. The summed E-state index contributed by atoms with van der Waals surface area (Å²) >= 11 is 0. The molecule has 0 aromatic heterocycles. The number of methoxy groups -OCH3 is 3. The first-order valence-electron chi connectivity index (χ1n) is 11.7. The van der Waals surface area contributed by atoms with E-state index in [0.717, 1.165) is 22.4 Å². The van der Waals surface area contributed by atoms with E-state index in [1.807, 2.05) is 56.3 Å². The number of benzene rings is 3. The summed E-state index contributed by atoms with van der Waals surface area (Å²) in [5.41, 5.74) is 4.91. The van der Waals surface area contributed by atoms with Crippen molar-refractivity contribution >= 4 is 17.5 Å². The Labute approximate surface area is 212 Å². The predicted octanol–water partition coefficient (Wildman–Crippen LogP) is 4.90. The smallest absolute Gasteiger partial charge is 0.254 e. The Kier molecular flexibility index (Phi) is 6.93. The van der Waals surface area contributed by atoms with Crippen molar-refractivity contribution in [1.82, 2.24) is 4.90 Å². The quantitative estimate of drug-likeness (QED) is 0.494. The molecule has 2 atom stereocenters. The number of carbonyl (C=O) groups is 2. The lowest BCUT2D eigenvalue weighted by Crippen LogP contribution is -2.46. The Morgan fingerprint density at radius 2 is 1.50 bits per heavy atom. The number of carbonyl (C=O) groups excluding carboxylic acids is 2. The highest BCUT2D eigenvalue weighted by Crippen LogP contribution is 2.46. The summed E-state index contributed by atoms with van der Waals surface area (Å²) in [6.07, 6.45) is 0. The maximum Gasteiger partial charge on any atom is 0.254 e. The molecule has 1 aliphatic heterocycles.